The molecule has 0 radical (unpaired) electrons. The van der Waals surface area contributed by atoms with Crippen LogP contribution in [0.2, 0.25) is 0 Å². The summed E-state index contributed by atoms with van der Waals surface area (Å²) in [6, 6.07) is 11.3. The first-order valence-electron chi connectivity index (χ1n) is 9.39. The Bertz CT molecular complexity index is 979. The number of carbonyl (C=O) groups excluding carboxylic acids is 4. The van der Waals surface area contributed by atoms with Crippen molar-refractivity contribution in [3.05, 3.63) is 64.7 Å². The Balaban J connectivity index is 1.62. The van der Waals surface area contributed by atoms with Gasteiger partial charge in [-0.05, 0) is 56.2 Å². The number of hydrogen-bond donors (Lipinski definition) is 1. The molecule has 1 heterocycles. The number of nitrogens with zero attached hydrogens (tertiary/aromatic N) is 1. The van der Waals surface area contributed by atoms with Crippen LogP contribution in [0, 0.1) is 0 Å². The van der Waals surface area contributed by atoms with Crippen LogP contribution in [0.3, 0.4) is 0 Å². The highest BCUT2D eigenvalue weighted by atomic mass is 16.5. The maximum atomic E-state index is 12.4. The Labute approximate surface area is 168 Å². The molecule has 2 aromatic carbocycles. The molecule has 0 saturated carbocycles. The van der Waals surface area contributed by atoms with E-state index < -0.39 is 24.4 Å². The van der Waals surface area contributed by atoms with Gasteiger partial charge in [0.25, 0.3) is 17.7 Å². The predicted octanol–water partition coefficient (Wildman–Crippen LogP) is 3.05. The lowest BCUT2D eigenvalue weighted by molar-refractivity contribution is -0.119. The van der Waals surface area contributed by atoms with Crippen molar-refractivity contribution in [2.45, 2.75) is 33.2 Å². The minimum atomic E-state index is -0.743. The molecule has 2 aromatic rings. The molecule has 7 heteroatoms. The van der Waals surface area contributed by atoms with Gasteiger partial charge in [0, 0.05) is 11.7 Å². The van der Waals surface area contributed by atoms with Crippen molar-refractivity contribution >= 4 is 29.4 Å². The highest BCUT2D eigenvalue weighted by Gasteiger charge is 2.37. The van der Waals surface area contributed by atoms with Crippen molar-refractivity contribution in [2.24, 2.45) is 0 Å². The van der Waals surface area contributed by atoms with Crippen molar-refractivity contribution in [1.82, 2.24) is 4.90 Å². The molecule has 1 aliphatic rings. The van der Waals surface area contributed by atoms with Gasteiger partial charge in [0.05, 0.1) is 16.7 Å². The average molecular weight is 394 g/mol. The molecule has 7 nitrogen and oxygen atoms in total. The topological polar surface area (TPSA) is 92.8 Å². The lowest BCUT2D eigenvalue weighted by Gasteiger charge is -2.17. The van der Waals surface area contributed by atoms with Crippen LogP contribution in [-0.2, 0) is 16.0 Å². The third-order valence-corrected chi connectivity index (χ3v) is 4.65. The number of anilines is 1. The number of benzene rings is 2. The number of aryl methyl sites for hydroxylation is 1. The largest absolute Gasteiger partial charge is 0.452 e. The Morgan fingerprint density at radius 1 is 1.00 bits per heavy atom. The quantitative estimate of drug-likeness (QED) is 0.600. The van der Waals surface area contributed by atoms with Crippen LogP contribution in [0.4, 0.5) is 5.69 Å². The SMILES string of the molecule is CCc1ccc(NC(=O)COC(=O)c2ccc3c(c2)C(=O)N(C(C)C)C3=O)cc1. The normalized spacial score (nSPS) is 12.9. The van der Waals surface area contributed by atoms with E-state index in [-0.39, 0.29) is 28.6 Å². The summed E-state index contributed by atoms with van der Waals surface area (Å²) in [6.07, 6.45) is 0.898. The molecule has 29 heavy (non-hydrogen) atoms. The van der Waals surface area contributed by atoms with Gasteiger partial charge in [-0.3, -0.25) is 19.3 Å². The summed E-state index contributed by atoms with van der Waals surface area (Å²) in [4.78, 5) is 50.2. The third-order valence-electron chi connectivity index (χ3n) is 4.65. The van der Waals surface area contributed by atoms with Crippen LogP contribution < -0.4 is 5.32 Å². The fourth-order valence-electron chi connectivity index (χ4n) is 3.09. The van der Waals surface area contributed by atoms with Crippen LogP contribution in [0.15, 0.2) is 42.5 Å². The average Bonchev–Trinajstić information content (AvgIpc) is 2.96. The second-order valence-electron chi connectivity index (χ2n) is 7.01. The van der Waals surface area contributed by atoms with Gasteiger partial charge in [-0.2, -0.15) is 0 Å². The molecule has 1 aliphatic heterocycles. The van der Waals surface area contributed by atoms with Crippen molar-refractivity contribution < 1.29 is 23.9 Å². The van der Waals surface area contributed by atoms with Crippen molar-refractivity contribution in [3.63, 3.8) is 0 Å². The van der Waals surface area contributed by atoms with Crippen LogP contribution in [0.5, 0.6) is 0 Å². The number of esters is 1. The maximum Gasteiger partial charge on any atom is 0.338 e. The van der Waals surface area contributed by atoms with E-state index in [1.54, 1.807) is 26.0 Å². The van der Waals surface area contributed by atoms with Crippen molar-refractivity contribution in [2.75, 3.05) is 11.9 Å². The number of ether oxygens (including phenoxy) is 1. The Morgan fingerprint density at radius 3 is 2.28 bits per heavy atom. The molecule has 3 amide bonds. The van der Waals surface area contributed by atoms with E-state index in [0.717, 1.165) is 16.9 Å². The molecule has 3 rings (SSSR count). The highest BCUT2D eigenvalue weighted by Crippen LogP contribution is 2.26. The zero-order valence-corrected chi connectivity index (χ0v) is 16.5. The highest BCUT2D eigenvalue weighted by molar-refractivity contribution is 6.22. The third kappa shape index (κ3) is 4.18. The first-order chi connectivity index (χ1) is 13.8. The molecule has 0 atom stereocenters. The van der Waals surface area contributed by atoms with E-state index in [4.69, 9.17) is 4.74 Å². The Hall–Kier alpha value is -3.48. The summed E-state index contributed by atoms with van der Waals surface area (Å²) in [7, 11) is 0. The van der Waals surface area contributed by atoms with Crippen molar-refractivity contribution in [3.8, 4) is 0 Å². The molecule has 0 aromatic heterocycles. The van der Waals surface area contributed by atoms with Gasteiger partial charge in [-0.25, -0.2) is 4.79 Å². The van der Waals surface area contributed by atoms with E-state index in [1.807, 2.05) is 19.1 Å². The molecule has 0 saturated heterocycles. The minimum Gasteiger partial charge on any atom is -0.452 e. The zero-order chi connectivity index (χ0) is 21.1. The van der Waals surface area contributed by atoms with Gasteiger partial charge in [-0.15, -0.1) is 0 Å². The number of rotatable bonds is 6. The predicted molar refractivity (Wildman–Crippen MR) is 107 cm³/mol. The van der Waals surface area contributed by atoms with Gasteiger partial charge in [-0.1, -0.05) is 19.1 Å². The number of fused-ring (bicyclic) bond motifs is 1. The molecule has 0 unspecified atom stereocenters. The molecule has 1 N–H and O–H groups in total. The van der Waals surface area contributed by atoms with Crippen LogP contribution in [0.1, 0.15) is 57.4 Å². The molecular formula is C22H22N2O5. The maximum absolute atomic E-state index is 12.4. The van der Waals surface area contributed by atoms with Crippen LogP contribution in [-0.4, -0.2) is 41.2 Å². The van der Waals surface area contributed by atoms with E-state index in [0.29, 0.717) is 5.69 Å². The summed E-state index contributed by atoms with van der Waals surface area (Å²) < 4.78 is 5.04. The monoisotopic (exact) mass is 394 g/mol. The van der Waals surface area contributed by atoms with E-state index in [9.17, 15) is 19.2 Å². The number of carbonyl (C=O) groups is 4. The van der Waals surface area contributed by atoms with Crippen LogP contribution >= 0.6 is 0 Å². The van der Waals surface area contributed by atoms with E-state index in [1.165, 1.54) is 18.2 Å². The smallest absolute Gasteiger partial charge is 0.338 e. The van der Waals surface area contributed by atoms with Gasteiger partial charge in [0.15, 0.2) is 6.61 Å². The molecular weight excluding hydrogens is 372 g/mol. The standard InChI is InChI=1S/C22H22N2O5/c1-4-14-5-8-16(9-6-14)23-19(25)12-29-22(28)15-7-10-17-18(11-15)21(27)24(13(2)3)20(17)26/h5-11,13H,4,12H2,1-3H3,(H,23,25). The fraction of sp³-hybridized carbons (Fsp3) is 0.273. The molecule has 0 fully saturated rings. The van der Waals surface area contributed by atoms with Gasteiger partial charge < -0.3 is 10.1 Å². The second-order valence-corrected chi connectivity index (χ2v) is 7.01. The van der Waals surface area contributed by atoms with Crippen LogP contribution in [0.25, 0.3) is 0 Å². The number of nitrogens with one attached hydrogen (secondary N) is 1. The molecule has 0 spiro atoms. The first-order valence-corrected chi connectivity index (χ1v) is 9.39. The van der Waals surface area contributed by atoms with Gasteiger partial charge in [0.1, 0.15) is 0 Å². The minimum absolute atomic E-state index is 0.107. The number of imide groups is 1. The first kappa shape index (κ1) is 20.3. The lowest BCUT2D eigenvalue weighted by Crippen LogP contribution is -2.35. The Morgan fingerprint density at radius 2 is 1.66 bits per heavy atom. The second kappa shape index (κ2) is 8.26. The summed E-state index contributed by atoms with van der Waals surface area (Å²) in [5.74, 6) is -2.04. The lowest BCUT2D eigenvalue weighted by atomic mass is 10.1. The zero-order valence-electron chi connectivity index (χ0n) is 16.5. The number of amides is 3. The van der Waals surface area contributed by atoms with E-state index in [2.05, 4.69) is 5.32 Å². The Kier molecular flexibility index (Phi) is 5.77. The summed E-state index contributed by atoms with van der Waals surface area (Å²) >= 11 is 0. The van der Waals surface area contributed by atoms with Gasteiger partial charge >= 0.3 is 5.97 Å². The fourth-order valence-corrected chi connectivity index (χ4v) is 3.09. The van der Waals surface area contributed by atoms with Gasteiger partial charge in [0.2, 0.25) is 0 Å². The van der Waals surface area contributed by atoms with Crippen molar-refractivity contribution in [1.29, 1.82) is 0 Å². The van der Waals surface area contributed by atoms with E-state index >= 15 is 0 Å². The summed E-state index contributed by atoms with van der Waals surface area (Å²) in [6.45, 7) is 5.06. The summed E-state index contributed by atoms with van der Waals surface area (Å²) in [5.41, 5.74) is 2.29. The molecule has 150 valence electrons. The molecule has 0 aliphatic carbocycles. The number of hydrogen-bond acceptors (Lipinski definition) is 5. The summed E-state index contributed by atoms with van der Waals surface area (Å²) in [5, 5.41) is 2.65. The molecule has 0 bridgehead atoms.